The molecule has 2 aliphatic carbocycles. The minimum absolute atomic E-state index is 0.00558. The highest BCUT2D eigenvalue weighted by Gasteiger charge is 2.54. The Morgan fingerprint density at radius 1 is 1.11 bits per heavy atom. The number of Topliss-reactive ketones (excluding diaryl/α,β-unsaturated/α-hetero) is 2. The van der Waals surface area contributed by atoms with E-state index in [2.05, 4.69) is 5.32 Å². The number of nitrogens with two attached hydrogens (primary N) is 1. The fourth-order valence-corrected chi connectivity index (χ4v) is 7.27. The van der Waals surface area contributed by atoms with Gasteiger partial charge >= 0.3 is 0 Å². The number of amides is 1. The third-order valence-corrected chi connectivity index (χ3v) is 8.84. The zero-order valence-electron chi connectivity index (χ0n) is 19.5. The number of phenols is 1. The molecule has 2 aromatic carbocycles. The van der Waals surface area contributed by atoms with Crippen LogP contribution in [0.5, 0.6) is 11.5 Å². The van der Waals surface area contributed by atoms with Crippen LogP contribution in [-0.2, 0) is 9.59 Å². The molecule has 1 radical (unpaired) electrons. The van der Waals surface area contributed by atoms with E-state index < -0.39 is 57.7 Å². The summed E-state index contributed by atoms with van der Waals surface area (Å²) in [6, 6.07) is 10.8. The standard InChI is InChI=1S/C26H23N2O7S2/c1-35-13-8-7-12(29)16-22(32)17-14(37-24(13)16)9-11-15(20(17)30)21(31)18(25(27)34)23(33)19(11)28-26(36)10-5-3-2-4-6-10/h2-8,11,14-15,19,29-30,33,37H,9H2,1H3,(H2,27,34)(H,28,36). The summed E-state index contributed by atoms with van der Waals surface area (Å²) in [6.07, 6.45) is 0.187. The molecule has 11 heteroatoms. The van der Waals surface area contributed by atoms with Crippen LogP contribution in [0, 0.1) is 11.8 Å². The quantitative estimate of drug-likeness (QED) is 0.195. The Morgan fingerprint density at radius 2 is 1.81 bits per heavy atom. The van der Waals surface area contributed by atoms with Crippen molar-refractivity contribution in [2.75, 3.05) is 7.11 Å². The first-order valence-corrected chi connectivity index (χ1v) is 12.7. The molecular formula is C26H23N2O7S2. The van der Waals surface area contributed by atoms with Crippen LogP contribution in [0.4, 0.5) is 0 Å². The monoisotopic (exact) mass is 539 g/mol. The average Bonchev–Trinajstić information content (AvgIpc) is 2.86. The van der Waals surface area contributed by atoms with E-state index >= 15 is 0 Å². The number of nitrogens with one attached hydrogen (secondary N) is 1. The third-order valence-electron chi connectivity index (χ3n) is 7.00. The topological polar surface area (TPSA) is 159 Å². The van der Waals surface area contributed by atoms with Crippen molar-refractivity contribution in [3.63, 3.8) is 0 Å². The number of ketones is 2. The van der Waals surface area contributed by atoms with E-state index in [1.54, 1.807) is 30.3 Å². The zero-order valence-corrected chi connectivity index (χ0v) is 21.2. The van der Waals surface area contributed by atoms with Gasteiger partial charge in [0.15, 0.2) is 11.6 Å². The first-order valence-electron chi connectivity index (χ1n) is 11.4. The predicted octanol–water partition coefficient (Wildman–Crippen LogP) is 2.45. The van der Waals surface area contributed by atoms with Gasteiger partial charge in [0.1, 0.15) is 33.6 Å². The summed E-state index contributed by atoms with van der Waals surface area (Å²) in [6.45, 7) is 0. The highest BCUT2D eigenvalue weighted by molar-refractivity contribution is 8.00. The number of thiocarbonyl (C=S) groups is 1. The molecule has 9 nitrogen and oxygen atoms in total. The lowest BCUT2D eigenvalue weighted by atomic mass is 9.66. The van der Waals surface area contributed by atoms with Crippen LogP contribution in [-0.4, -0.2) is 56.2 Å². The van der Waals surface area contributed by atoms with Crippen molar-refractivity contribution in [3.8, 4) is 11.5 Å². The lowest BCUT2D eigenvalue weighted by Gasteiger charge is -2.44. The number of carbonyl (C=O) groups excluding carboxylic acids is 3. The van der Waals surface area contributed by atoms with E-state index in [-0.39, 0.29) is 28.3 Å². The number of primary amides is 1. The predicted molar refractivity (Wildman–Crippen MR) is 140 cm³/mol. The summed E-state index contributed by atoms with van der Waals surface area (Å²) in [5, 5.41) is 35.3. The van der Waals surface area contributed by atoms with E-state index in [1.807, 2.05) is 6.07 Å². The second-order valence-electron chi connectivity index (χ2n) is 8.97. The molecule has 1 amide bonds. The first kappa shape index (κ1) is 24.8. The van der Waals surface area contributed by atoms with Crippen molar-refractivity contribution in [2.45, 2.75) is 22.6 Å². The Labute approximate surface area is 221 Å². The van der Waals surface area contributed by atoms with Crippen molar-refractivity contribution in [3.05, 3.63) is 76.3 Å². The second kappa shape index (κ2) is 9.24. The summed E-state index contributed by atoms with van der Waals surface area (Å²) >= 11 is 6.09. The molecule has 0 spiro atoms. The molecule has 5 rings (SSSR count). The molecule has 1 aliphatic heterocycles. The Balaban J connectivity index is 1.63. The van der Waals surface area contributed by atoms with Crippen molar-refractivity contribution >= 4 is 46.4 Å². The van der Waals surface area contributed by atoms with Gasteiger partial charge in [-0.25, -0.2) is 0 Å². The van der Waals surface area contributed by atoms with Crippen molar-refractivity contribution < 1.29 is 34.4 Å². The molecule has 4 atom stereocenters. The normalized spacial score (nSPS) is 24.7. The number of aliphatic hydroxyl groups excluding tert-OH is 2. The Hall–Kier alpha value is -3.83. The fourth-order valence-electron chi connectivity index (χ4n) is 5.33. The summed E-state index contributed by atoms with van der Waals surface area (Å²) in [4.78, 5) is 39.8. The molecule has 1 heterocycles. The number of methoxy groups -OCH3 is 1. The van der Waals surface area contributed by atoms with Gasteiger partial charge in [0.2, 0.25) is 0 Å². The maximum absolute atomic E-state index is 13.5. The minimum atomic E-state index is -1.31. The minimum Gasteiger partial charge on any atom is -0.511 e. The number of benzene rings is 2. The maximum atomic E-state index is 13.5. The number of fused-ring (bicyclic) bond motifs is 3. The van der Waals surface area contributed by atoms with Crippen LogP contribution in [0.15, 0.2) is 70.0 Å². The van der Waals surface area contributed by atoms with Gasteiger partial charge in [-0.1, -0.05) is 42.5 Å². The molecule has 0 bridgehead atoms. The van der Waals surface area contributed by atoms with Crippen LogP contribution in [0.1, 0.15) is 22.3 Å². The number of aromatic hydroxyl groups is 1. The van der Waals surface area contributed by atoms with Crippen molar-refractivity contribution in [1.29, 1.82) is 0 Å². The zero-order chi connectivity index (χ0) is 26.6. The number of phenolic OH excluding ortho intramolecular Hbond substituents is 1. The molecule has 0 aromatic heterocycles. The highest BCUT2D eigenvalue weighted by Crippen LogP contribution is 2.54. The van der Waals surface area contributed by atoms with Crippen LogP contribution < -0.4 is 15.8 Å². The van der Waals surface area contributed by atoms with Crippen LogP contribution >= 0.6 is 24.0 Å². The van der Waals surface area contributed by atoms with E-state index in [4.69, 9.17) is 22.7 Å². The first-order chi connectivity index (χ1) is 17.6. The number of thiol groups is 1. The van der Waals surface area contributed by atoms with Crippen LogP contribution in [0.3, 0.4) is 0 Å². The second-order valence-corrected chi connectivity index (χ2v) is 10.7. The molecule has 4 unspecified atom stereocenters. The molecule has 3 aliphatic rings. The van der Waals surface area contributed by atoms with Crippen LogP contribution in [0.2, 0.25) is 0 Å². The Morgan fingerprint density at radius 3 is 2.46 bits per heavy atom. The number of hydrogen-bond donors (Lipinski definition) is 6. The summed E-state index contributed by atoms with van der Waals surface area (Å²) in [5.41, 5.74) is 5.43. The molecule has 0 saturated carbocycles. The van der Waals surface area contributed by atoms with Gasteiger partial charge in [-0.15, -0.1) is 0 Å². The van der Waals surface area contributed by atoms with E-state index in [0.717, 1.165) is 0 Å². The van der Waals surface area contributed by atoms with Crippen LogP contribution in [0.25, 0.3) is 0 Å². The van der Waals surface area contributed by atoms with E-state index in [1.165, 1.54) is 13.2 Å². The molecule has 37 heavy (non-hydrogen) atoms. The number of ether oxygens (including phenoxy) is 1. The SMILES string of the molecule is COc1ccc(O)c2c1[SH]C1CC3C(NC(=S)c4ccccc4)C(O)=C(C(N)=O)C(=O)C3C(O)=C1C2=O. The Bertz CT molecular complexity index is 1430. The van der Waals surface area contributed by atoms with Gasteiger partial charge in [0.05, 0.1) is 35.1 Å². The highest BCUT2D eigenvalue weighted by atomic mass is 32.2. The lowest BCUT2D eigenvalue weighted by Crippen LogP contribution is -2.54. The van der Waals surface area contributed by atoms with Gasteiger partial charge < -0.3 is 31.1 Å². The van der Waals surface area contributed by atoms with E-state index in [0.29, 0.717) is 28.0 Å². The molecular weight excluding hydrogens is 516 g/mol. The van der Waals surface area contributed by atoms with Crippen molar-refractivity contribution in [2.24, 2.45) is 17.6 Å². The largest absolute Gasteiger partial charge is 0.511 e. The number of hydrogen-bond acceptors (Lipinski definition) is 8. The fraction of sp³-hybridized carbons (Fsp3) is 0.231. The maximum Gasteiger partial charge on any atom is 0.255 e. The summed E-state index contributed by atoms with van der Waals surface area (Å²) < 4.78 is 5.40. The molecule has 6 N–H and O–H groups in total. The van der Waals surface area contributed by atoms with Gasteiger partial charge in [-0.2, -0.15) is 11.8 Å². The van der Waals surface area contributed by atoms with Gasteiger partial charge in [0.25, 0.3) is 5.91 Å². The van der Waals surface area contributed by atoms with Crippen molar-refractivity contribution in [1.82, 2.24) is 5.32 Å². The molecule has 2 aromatic rings. The Kier molecular flexibility index (Phi) is 6.20. The summed E-state index contributed by atoms with van der Waals surface area (Å²) in [5.74, 6) is -5.63. The molecule has 191 valence electrons. The number of allylic oxidation sites excluding steroid dienone is 1. The lowest BCUT2D eigenvalue weighted by molar-refractivity contribution is -0.126. The number of rotatable bonds is 4. The van der Waals surface area contributed by atoms with Gasteiger partial charge in [-0.05, 0) is 18.6 Å². The third kappa shape index (κ3) is 3.85. The smallest absolute Gasteiger partial charge is 0.255 e. The summed E-state index contributed by atoms with van der Waals surface area (Å²) in [7, 11) is 1.45. The van der Waals surface area contributed by atoms with Gasteiger partial charge in [-0.3, -0.25) is 14.4 Å². The number of aliphatic hydroxyl groups is 2. The average molecular weight is 540 g/mol. The number of carbonyl (C=O) groups is 3. The molecule has 0 saturated heterocycles. The molecule has 0 fully saturated rings. The van der Waals surface area contributed by atoms with E-state index in [9.17, 15) is 29.7 Å². The van der Waals surface area contributed by atoms with Gasteiger partial charge in [0, 0.05) is 16.7 Å².